The Kier molecular flexibility index (Phi) is 2.10. The predicted octanol–water partition coefficient (Wildman–Crippen LogP) is 2.60. The van der Waals surface area contributed by atoms with Crippen LogP contribution in [-0.4, -0.2) is 19.1 Å². The van der Waals surface area contributed by atoms with E-state index < -0.39 is 14.0 Å². The first-order chi connectivity index (χ1) is 6.41. The van der Waals surface area contributed by atoms with Crippen LogP contribution in [0.1, 0.15) is 6.42 Å². The van der Waals surface area contributed by atoms with Crippen LogP contribution in [0.25, 0.3) is 0 Å². The van der Waals surface area contributed by atoms with Gasteiger partial charge in [0.2, 0.25) is 0 Å². The summed E-state index contributed by atoms with van der Waals surface area (Å²) in [6.07, 6.45) is 5.47. The number of carboxylic acid groups (broad SMARTS) is 1. The van der Waals surface area contributed by atoms with Crippen LogP contribution in [0, 0.1) is 17.8 Å². The van der Waals surface area contributed by atoms with Gasteiger partial charge in [0, 0.05) is 8.07 Å². The summed E-state index contributed by atoms with van der Waals surface area (Å²) in [5.74, 6) is 0.230. The molecule has 78 valence electrons. The topological polar surface area (TPSA) is 37.3 Å². The fraction of sp³-hybridized carbons (Fsp3) is 0.727. The Morgan fingerprint density at radius 3 is 2.29 bits per heavy atom. The van der Waals surface area contributed by atoms with Crippen LogP contribution in [0.15, 0.2) is 12.2 Å². The third-order valence-electron chi connectivity index (χ3n) is 3.74. The van der Waals surface area contributed by atoms with Crippen molar-refractivity contribution in [3.63, 3.8) is 0 Å². The van der Waals surface area contributed by atoms with Gasteiger partial charge in [-0.15, -0.1) is 0 Å². The number of hydrogen-bond acceptors (Lipinski definition) is 1. The minimum absolute atomic E-state index is 0.0864. The van der Waals surface area contributed by atoms with Crippen LogP contribution >= 0.6 is 0 Å². The summed E-state index contributed by atoms with van der Waals surface area (Å²) in [4.78, 5) is 11.2. The van der Waals surface area contributed by atoms with Gasteiger partial charge in [0.05, 0.1) is 5.92 Å². The molecule has 0 amide bonds. The Morgan fingerprint density at radius 1 is 1.29 bits per heavy atom. The highest BCUT2D eigenvalue weighted by molar-refractivity contribution is 6.78. The van der Waals surface area contributed by atoms with Crippen molar-refractivity contribution < 1.29 is 9.90 Å². The zero-order chi connectivity index (χ0) is 10.5. The lowest BCUT2D eigenvalue weighted by atomic mass is 9.93. The molecule has 2 rings (SSSR count). The van der Waals surface area contributed by atoms with Gasteiger partial charge in [0.25, 0.3) is 0 Å². The molecule has 0 radical (unpaired) electrons. The minimum Gasteiger partial charge on any atom is -0.481 e. The summed E-state index contributed by atoms with van der Waals surface area (Å²) >= 11 is 0. The summed E-state index contributed by atoms with van der Waals surface area (Å²) in [7, 11) is -1.34. The van der Waals surface area contributed by atoms with E-state index in [1.165, 1.54) is 0 Å². The van der Waals surface area contributed by atoms with Crippen LogP contribution in [0.3, 0.4) is 0 Å². The highest BCUT2D eigenvalue weighted by atomic mass is 28.3. The molecule has 0 saturated heterocycles. The monoisotopic (exact) mass is 210 g/mol. The molecule has 3 heteroatoms. The molecule has 1 saturated carbocycles. The van der Waals surface area contributed by atoms with Crippen LogP contribution in [0.4, 0.5) is 0 Å². The Bertz CT molecular complexity index is 290. The van der Waals surface area contributed by atoms with Gasteiger partial charge >= 0.3 is 5.97 Å². The second kappa shape index (κ2) is 2.96. The zero-order valence-electron chi connectivity index (χ0n) is 9.03. The molecule has 0 aromatic heterocycles. The van der Waals surface area contributed by atoms with E-state index in [1.807, 2.05) is 0 Å². The summed E-state index contributed by atoms with van der Waals surface area (Å²) in [6, 6.07) is 0. The Balaban J connectivity index is 2.31. The lowest BCUT2D eigenvalue weighted by Gasteiger charge is -2.34. The highest BCUT2D eigenvalue weighted by Gasteiger charge is 2.52. The van der Waals surface area contributed by atoms with Crippen molar-refractivity contribution in [2.45, 2.75) is 31.6 Å². The lowest BCUT2D eigenvalue weighted by molar-refractivity contribution is -0.142. The third kappa shape index (κ3) is 1.34. The van der Waals surface area contributed by atoms with Crippen molar-refractivity contribution in [1.29, 1.82) is 0 Å². The number of fused-ring (bicyclic) bond motifs is 2. The van der Waals surface area contributed by atoms with Crippen molar-refractivity contribution in [2.24, 2.45) is 17.8 Å². The number of allylic oxidation sites excluding steroid dienone is 2. The third-order valence-corrected chi connectivity index (χ3v) is 6.53. The molecule has 1 fully saturated rings. The predicted molar refractivity (Wildman–Crippen MR) is 59.0 cm³/mol. The molecule has 2 nitrogen and oxygen atoms in total. The maximum atomic E-state index is 11.2. The van der Waals surface area contributed by atoms with Gasteiger partial charge in [-0.1, -0.05) is 31.8 Å². The van der Waals surface area contributed by atoms with Crippen molar-refractivity contribution in [2.75, 3.05) is 0 Å². The maximum Gasteiger partial charge on any atom is 0.307 e. The highest BCUT2D eigenvalue weighted by Crippen LogP contribution is 2.55. The Hall–Kier alpha value is -0.573. The normalized spacial score (nSPS) is 40.5. The average Bonchev–Trinajstić information content (AvgIpc) is 2.58. The first-order valence-corrected chi connectivity index (χ1v) is 8.90. The molecule has 2 aliphatic carbocycles. The quantitative estimate of drug-likeness (QED) is 0.562. The van der Waals surface area contributed by atoms with E-state index in [4.69, 9.17) is 0 Å². The summed E-state index contributed by atoms with van der Waals surface area (Å²) in [5, 5.41) is 9.26. The van der Waals surface area contributed by atoms with Crippen molar-refractivity contribution >= 4 is 14.0 Å². The van der Waals surface area contributed by atoms with Gasteiger partial charge < -0.3 is 5.11 Å². The number of carbonyl (C=O) groups is 1. The standard InChI is InChI=1S/C11H18O2Si/c1-14(2,3)10-8-5-4-7(6-8)9(10)11(12)13/h4-5,7-10H,6H2,1-3H3,(H,12,13)/t7?,8?,9-,10+/m0/s1. The number of rotatable bonds is 2. The summed E-state index contributed by atoms with van der Waals surface area (Å²) < 4.78 is 0. The van der Waals surface area contributed by atoms with Crippen molar-refractivity contribution in [3.8, 4) is 0 Å². The largest absolute Gasteiger partial charge is 0.481 e. The molecule has 14 heavy (non-hydrogen) atoms. The SMILES string of the molecule is C[Si](C)(C)[C@@H]1C2C=CC(C2)[C@@H]1C(=O)O. The Morgan fingerprint density at radius 2 is 1.86 bits per heavy atom. The number of aliphatic carboxylic acids is 1. The van der Waals surface area contributed by atoms with E-state index in [2.05, 4.69) is 31.8 Å². The van der Waals surface area contributed by atoms with E-state index in [0.29, 0.717) is 17.4 Å². The Labute approximate surface area is 86.0 Å². The van der Waals surface area contributed by atoms with Gasteiger partial charge in [-0.05, 0) is 23.8 Å². The summed E-state index contributed by atoms with van der Waals surface area (Å²) in [6.45, 7) is 6.88. The average molecular weight is 210 g/mol. The first-order valence-electron chi connectivity index (χ1n) is 5.32. The van der Waals surface area contributed by atoms with Crippen molar-refractivity contribution in [3.05, 3.63) is 12.2 Å². The van der Waals surface area contributed by atoms with Gasteiger partial charge in [-0.25, -0.2) is 0 Å². The molecule has 0 aromatic rings. The van der Waals surface area contributed by atoms with Crippen LogP contribution in [-0.2, 0) is 4.79 Å². The van der Waals surface area contributed by atoms with E-state index in [-0.39, 0.29) is 5.92 Å². The lowest BCUT2D eigenvalue weighted by Crippen LogP contribution is -2.38. The molecule has 2 aliphatic rings. The van der Waals surface area contributed by atoms with Gasteiger partial charge in [-0.2, -0.15) is 0 Å². The van der Waals surface area contributed by atoms with Crippen molar-refractivity contribution in [1.82, 2.24) is 0 Å². The molecule has 2 unspecified atom stereocenters. The smallest absolute Gasteiger partial charge is 0.307 e. The number of hydrogen-bond donors (Lipinski definition) is 1. The molecule has 0 heterocycles. The van der Waals surface area contributed by atoms with E-state index in [9.17, 15) is 9.90 Å². The maximum absolute atomic E-state index is 11.2. The molecule has 0 spiro atoms. The molecular formula is C11H18O2Si. The molecule has 1 N–H and O–H groups in total. The number of carboxylic acids is 1. The molecule has 0 aromatic carbocycles. The van der Waals surface area contributed by atoms with Crippen LogP contribution in [0.2, 0.25) is 25.2 Å². The molecule has 4 atom stereocenters. The minimum atomic E-state index is -1.34. The second-order valence-electron chi connectivity index (χ2n) is 5.70. The fourth-order valence-electron chi connectivity index (χ4n) is 3.34. The first kappa shape index (κ1) is 9.96. The van der Waals surface area contributed by atoms with Crippen LogP contribution < -0.4 is 0 Å². The van der Waals surface area contributed by atoms with Gasteiger partial charge in [0.1, 0.15) is 0 Å². The molecular weight excluding hydrogens is 192 g/mol. The zero-order valence-corrected chi connectivity index (χ0v) is 10.0. The summed E-state index contributed by atoms with van der Waals surface area (Å²) in [5.41, 5.74) is 0.454. The van der Waals surface area contributed by atoms with E-state index >= 15 is 0 Å². The van der Waals surface area contributed by atoms with E-state index in [1.54, 1.807) is 0 Å². The molecule has 2 bridgehead atoms. The van der Waals surface area contributed by atoms with Crippen LogP contribution in [0.5, 0.6) is 0 Å². The van der Waals surface area contributed by atoms with Gasteiger partial charge in [-0.3, -0.25) is 4.79 Å². The van der Waals surface area contributed by atoms with Gasteiger partial charge in [0.15, 0.2) is 0 Å². The molecule has 0 aliphatic heterocycles. The second-order valence-corrected chi connectivity index (χ2v) is 11.1. The van der Waals surface area contributed by atoms with E-state index in [0.717, 1.165) is 6.42 Å². The fourth-order valence-corrected chi connectivity index (χ4v) is 6.34.